The van der Waals surface area contributed by atoms with Crippen LogP contribution in [0.5, 0.6) is 0 Å². The molecule has 1 amide bonds. The third-order valence-corrected chi connectivity index (χ3v) is 5.77. The second kappa shape index (κ2) is 11.7. The standard InChI is InChI=1S/C29H22ClN7O/c1-18-13-21(5-4-12-31)14-19(2)26(18)36-27-25(28(38)34-24-7-3-6-22(30)15-24)17-33-29(37-27)35-23-10-8-20(16-32)9-11-23/h3-11,13-15,17H,1-2H3,(H,34,38)(H2,33,35,36,37)/b5-4+. The summed E-state index contributed by atoms with van der Waals surface area (Å²) in [5, 5.41) is 27.6. The molecule has 1 heterocycles. The van der Waals surface area contributed by atoms with Crippen molar-refractivity contribution in [3.8, 4) is 12.1 Å². The van der Waals surface area contributed by atoms with Crippen LogP contribution < -0.4 is 16.0 Å². The lowest BCUT2D eigenvalue weighted by Crippen LogP contribution is -2.16. The van der Waals surface area contributed by atoms with Gasteiger partial charge in [0.25, 0.3) is 5.91 Å². The third-order valence-electron chi connectivity index (χ3n) is 5.53. The quantitative estimate of drug-likeness (QED) is 0.227. The van der Waals surface area contributed by atoms with E-state index in [-0.39, 0.29) is 11.5 Å². The van der Waals surface area contributed by atoms with Gasteiger partial charge in [0.1, 0.15) is 11.4 Å². The summed E-state index contributed by atoms with van der Waals surface area (Å²) in [5.41, 5.74) is 5.46. The van der Waals surface area contributed by atoms with Gasteiger partial charge in [0.2, 0.25) is 5.95 Å². The fourth-order valence-corrected chi connectivity index (χ4v) is 3.96. The Morgan fingerprint density at radius 2 is 1.71 bits per heavy atom. The van der Waals surface area contributed by atoms with E-state index in [1.165, 1.54) is 12.3 Å². The van der Waals surface area contributed by atoms with Crippen LogP contribution in [0.4, 0.5) is 28.8 Å². The third kappa shape index (κ3) is 6.33. The maximum Gasteiger partial charge on any atom is 0.261 e. The molecule has 0 aliphatic heterocycles. The first-order valence-electron chi connectivity index (χ1n) is 11.5. The van der Waals surface area contributed by atoms with E-state index in [1.54, 1.807) is 54.6 Å². The van der Waals surface area contributed by atoms with Crippen LogP contribution in [0.25, 0.3) is 6.08 Å². The second-order valence-corrected chi connectivity index (χ2v) is 8.79. The summed E-state index contributed by atoms with van der Waals surface area (Å²) >= 11 is 6.07. The summed E-state index contributed by atoms with van der Waals surface area (Å²) < 4.78 is 0. The van der Waals surface area contributed by atoms with Gasteiger partial charge in [0, 0.05) is 34.4 Å². The van der Waals surface area contributed by atoms with E-state index in [9.17, 15) is 4.79 Å². The van der Waals surface area contributed by atoms with Crippen LogP contribution >= 0.6 is 11.6 Å². The molecule has 3 N–H and O–H groups in total. The highest BCUT2D eigenvalue weighted by molar-refractivity contribution is 6.31. The van der Waals surface area contributed by atoms with Crippen molar-refractivity contribution < 1.29 is 4.79 Å². The summed E-state index contributed by atoms with van der Waals surface area (Å²) in [6, 6.07) is 21.7. The molecule has 186 valence electrons. The molecule has 0 unspecified atom stereocenters. The Balaban J connectivity index is 1.71. The Labute approximate surface area is 225 Å². The second-order valence-electron chi connectivity index (χ2n) is 8.35. The van der Waals surface area contributed by atoms with Gasteiger partial charge in [-0.1, -0.05) is 17.7 Å². The molecular weight excluding hydrogens is 498 g/mol. The number of nitriles is 2. The van der Waals surface area contributed by atoms with Crippen molar-refractivity contribution in [2.24, 2.45) is 0 Å². The molecule has 0 aliphatic rings. The zero-order valence-corrected chi connectivity index (χ0v) is 21.3. The molecule has 38 heavy (non-hydrogen) atoms. The van der Waals surface area contributed by atoms with Crippen LogP contribution in [0, 0.1) is 36.5 Å². The summed E-state index contributed by atoms with van der Waals surface area (Å²) in [6.45, 7) is 3.86. The normalized spacial score (nSPS) is 10.4. The number of hydrogen-bond donors (Lipinski definition) is 3. The van der Waals surface area contributed by atoms with Crippen molar-refractivity contribution in [3.05, 3.63) is 106 Å². The van der Waals surface area contributed by atoms with Crippen LogP contribution in [-0.4, -0.2) is 15.9 Å². The molecule has 0 fully saturated rings. The number of hydrogen-bond acceptors (Lipinski definition) is 7. The van der Waals surface area contributed by atoms with Gasteiger partial charge < -0.3 is 16.0 Å². The lowest BCUT2D eigenvalue weighted by molar-refractivity contribution is 0.102. The molecule has 3 aromatic carbocycles. The first kappa shape index (κ1) is 25.9. The smallest absolute Gasteiger partial charge is 0.261 e. The van der Waals surface area contributed by atoms with E-state index >= 15 is 0 Å². The maximum absolute atomic E-state index is 13.3. The number of rotatable bonds is 7. The van der Waals surface area contributed by atoms with E-state index < -0.39 is 5.91 Å². The van der Waals surface area contributed by atoms with Gasteiger partial charge in [-0.3, -0.25) is 4.79 Å². The van der Waals surface area contributed by atoms with Gasteiger partial charge in [0.15, 0.2) is 0 Å². The molecule has 0 bridgehead atoms. The first-order chi connectivity index (χ1) is 18.4. The monoisotopic (exact) mass is 519 g/mol. The molecular formula is C29H22ClN7O. The van der Waals surface area contributed by atoms with E-state index in [0.29, 0.717) is 27.8 Å². The van der Waals surface area contributed by atoms with Crippen LogP contribution in [0.3, 0.4) is 0 Å². The summed E-state index contributed by atoms with van der Waals surface area (Å²) in [4.78, 5) is 22.2. The Morgan fingerprint density at radius 1 is 0.974 bits per heavy atom. The number of aromatic nitrogens is 2. The number of carbonyl (C=O) groups excluding carboxylic acids is 1. The lowest BCUT2D eigenvalue weighted by atomic mass is 10.0. The number of allylic oxidation sites excluding steroid dienone is 1. The molecule has 0 aliphatic carbocycles. The Hall–Kier alpha value is -5.18. The van der Waals surface area contributed by atoms with Gasteiger partial charge >= 0.3 is 0 Å². The fraction of sp³-hybridized carbons (Fsp3) is 0.0690. The molecule has 9 heteroatoms. The Kier molecular flexibility index (Phi) is 7.98. The SMILES string of the molecule is Cc1cc(/C=C/C#N)cc(C)c1Nc1nc(Nc2ccc(C#N)cc2)ncc1C(=O)Nc1cccc(Cl)c1. The lowest BCUT2D eigenvalue weighted by Gasteiger charge is -2.17. The van der Waals surface area contributed by atoms with Crippen molar-refractivity contribution in [1.82, 2.24) is 9.97 Å². The number of nitrogens with zero attached hydrogens (tertiary/aromatic N) is 4. The number of amides is 1. The van der Waals surface area contributed by atoms with Gasteiger partial charge in [-0.05, 0) is 91.2 Å². The minimum absolute atomic E-state index is 0.225. The minimum Gasteiger partial charge on any atom is -0.339 e. The molecule has 0 radical (unpaired) electrons. The highest BCUT2D eigenvalue weighted by atomic mass is 35.5. The Morgan fingerprint density at radius 3 is 2.37 bits per heavy atom. The average Bonchev–Trinajstić information content (AvgIpc) is 2.90. The van der Waals surface area contributed by atoms with E-state index in [0.717, 1.165) is 22.4 Å². The van der Waals surface area contributed by atoms with Crippen molar-refractivity contribution >= 4 is 52.4 Å². The van der Waals surface area contributed by atoms with E-state index in [4.69, 9.17) is 22.1 Å². The molecule has 8 nitrogen and oxygen atoms in total. The number of aryl methyl sites for hydroxylation is 2. The summed E-state index contributed by atoms with van der Waals surface area (Å²) in [7, 11) is 0. The van der Waals surface area contributed by atoms with Crippen molar-refractivity contribution in [3.63, 3.8) is 0 Å². The number of halogens is 1. The Bertz CT molecular complexity index is 1590. The summed E-state index contributed by atoms with van der Waals surface area (Å²) in [5.74, 6) is 0.145. The average molecular weight is 520 g/mol. The first-order valence-corrected chi connectivity index (χ1v) is 11.9. The topological polar surface area (TPSA) is 127 Å². The van der Waals surface area contributed by atoms with Crippen LogP contribution in [-0.2, 0) is 0 Å². The number of anilines is 5. The van der Waals surface area contributed by atoms with Crippen LogP contribution in [0.2, 0.25) is 5.02 Å². The molecule has 0 atom stereocenters. The predicted octanol–water partition coefficient (Wildman–Crippen LogP) is 6.89. The van der Waals surface area contributed by atoms with E-state index in [2.05, 4.69) is 32.0 Å². The van der Waals surface area contributed by atoms with Crippen LogP contribution in [0.1, 0.15) is 32.6 Å². The molecule has 0 saturated heterocycles. The number of nitrogens with one attached hydrogen (secondary N) is 3. The van der Waals surface area contributed by atoms with Crippen molar-refractivity contribution in [1.29, 1.82) is 10.5 Å². The molecule has 4 rings (SSSR count). The molecule has 0 saturated carbocycles. The minimum atomic E-state index is -0.413. The summed E-state index contributed by atoms with van der Waals surface area (Å²) in [6.07, 6.45) is 4.60. The number of benzene rings is 3. The predicted molar refractivity (Wildman–Crippen MR) is 150 cm³/mol. The van der Waals surface area contributed by atoms with Crippen molar-refractivity contribution in [2.75, 3.05) is 16.0 Å². The zero-order valence-electron chi connectivity index (χ0n) is 20.6. The van der Waals surface area contributed by atoms with Crippen molar-refractivity contribution in [2.45, 2.75) is 13.8 Å². The highest BCUT2D eigenvalue weighted by Gasteiger charge is 2.18. The zero-order chi connectivity index (χ0) is 27.1. The van der Waals surface area contributed by atoms with E-state index in [1.807, 2.05) is 32.0 Å². The van der Waals surface area contributed by atoms with Crippen LogP contribution in [0.15, 0.2) is 72.9 Å². The maximum atomic E-state index is 13.3. The largest absolute Gasteiger partial charge is 0.339 e. The highest BCUT2D eigenvalue weighted by Crippen LogP contribution is 2.29. The van der Waals surface area contributed by atoms with Gasteiger partial charge in [0.05, 0.1) is 17.7 Å². The van der Waals surface area contributed by atoms with Gasteiger partial charge in [-0.2, -0.15) is 15.5 Å². The van der Waals surface area contributed by atoms with Gasteiger partial charge in [-0.15, -0.1) is 0 Å². The molecule has 1 aromatic heterocycles. The molecule has 4 aromatic rings. The van der Waals surface area contributed by atoms with Gasteiger partial charge in [-0.25, -0.2) is 4.98 Å². The molecule has 0 spiro atoms. The fourth-order valence-electron chi connectivity index (χ4n) is 3.77. The number of carbonyl (C=O) groups is 1.